The van der Waals surface area contributed by atoms with Gasteiger partial charge in [0.2, 0.25) is 0 Å². The highest BCUT2D eigenvalue weighted by molar-refractivity contribution is 9.10. The van der Waals surface area contributed by atoms with Gasteiger partial charge in [-0.05, 0) is 54.8 Å². The summed E-state index contributed by atoms with van der Waals surface area (Å²) in [5, 5.41) is 4.48. The molecule has 0 aliphatic carbocycles. The summed E-state index contributed by atoms with van der Waals surface area (Å²) in [5.41, 5.74) is 8.55. The molecule has 0 aliphatic rings. The largest absolute Gasteiger partial charge is 0.325 e. The molecule has 21 heavy (non-hydrogen) atoms. The Hall–Kier alpha value is -1.20. The monoisotopic (exact) mass is 353 g/mol. The Morgan fingerprint density at radius 1 is 1.33 bits per heavy atom. The molecule has 2 aromatic rings. The molecule has 0 radical (unpaired) electrons. The average molecular weight is 354 g/mol. The lowest BCUT2D eigenvalue weighted by molar-refractivity contribution is 0.432. The molecule has 0 amide bonds. The van der Waals surface area contributed by atoms with Crippen molar-refractivity contribution in [1.82, 2.24) is 9.78 Å². The molecule has 0 spiro atoms. The van der Waals surface area contributed by atoms with E-state index in [2.05, 4.69) is 21.0 Å². The minimum Gasteiger partial charge on any atom is -0.325 e. The summed E-state index contributed by atoms with van der Waals surface area (Å²) in [6.07, 6.45) is 1.12. The van der Waals surface area contributed by atoms with E-state index >= 15 is 0 Å². The number of benzene rings is 1. The van der Waals surface area contributed by atoms with Crippen molar-refractivity contribution in [3.8, 4) is 0 Å². The molecule has 5 heteroatoms. The third-order valence-electron chi connectivity index (χ3n) is 3.58. The Labute approximate surface area is 133 Å². The number of rotatable bonds is 5. The second-order valence-corrected chi connectivity index (χ2v) is 6.55. The van der Waals surface area contributed by atoms with E-state index in [0.717, 1.165) is 22.4 Å². The summed E-state index contributed by atoms with van der Waals surface area (Å²) in [6.45, 7) is 6.75. The first-order chi connectivity index (χ1) is 9.84. The van der Waals surface area contributed by atoms with Crippen molar-refractivity contribution in [2.24, 2.45) is 5.73 Å². The minimum atomic E-state index is -0.538. The molecule has 1 unspecified atom stereocenters. The van der Waals surface area contributed by atoms with E-state index in [1.54, 1.807) is 12.1 Å². The van der Waals surface area contributed by atoms with Crippen LogP contribution in [-0.2, 0) is 19.4 Å². The number of aryl methyl sites for hydroxylation is 2. The van der Waals surface area contributed by atoms with Crippen LogP contribution in [0.1, 0.15) is 30.8 Å². The molecular weight excluding hydrogens is 333 g/mol. The molecule has 2 rings (SSSR count). The standard InChI is InChI=1S/C16H21BrFN3/c1-4-21-14(15(17)11(2)20-21)10-16(3,19)9-12-7-5-6-8-13(12)18/h5-8H,4,9-10,19H2,1-3H3. The molecule has 1 atom stereocenters. The average Bonchev–Trinajstić information content (AvgIpc) is 2.68. The summed E-state index contributed by atoms with van der Waals surface area (Å²) in [7, 11) is 0. The molecule has 1 heterocycles. The smallest absolute Gasteiger partial charge is 0.126 e. The first-order valence-corrected chi connectivity index (χ1v) is 7.87. The normalized spacial score (nSPS) is 14.2. The van der Waals surface area contributed by atoms with Crippen LogP contribution in [0.25, 0.3) is 0 Å². The Balaban J connectivity index is 2.24. The van der Waals surface area contributed by atoms with Crippen LogP contribution in [-0.4, -0.2) is 15.3 Å². The molecule has 0 aliphatic heterocycles. The zero-order valence-corrected chi connectivity index (χ0v) is 14.2. The quantitative estimate of drug-likeness (QED) is 0.891. The van der Waals surface area contributed by atoms with Crippen molar-refractivity contribution in [2.45, 2.75) is 45.7 Å². The third-order valence-corrected chi connectivity index (χ3v) is 4.61. The molecule has 0 saturated carbocycles. The maximum Gasteiger partial charge on any atom is 0.126 e. The lowest BCUT2D eigenvalue weighted by atomic mass is 9.89. The molecule has 1 aromatic heterocycles. The van der Waals surface area contributed by atoms with Crippen molar-refractivity contribution in [2.75, 3.05) is 0 Å². The zero-order chi connectivity index (χ0) is 15.6. The summed E-state index contributed by atoms with van der Waals surface area (Å²) in [6, 6.07) is 6.79. The van der Waals surface area contributed by atoms with E-state index in [4.69, 9.17) is 5.73 Å². The molecular formula is C16H21BrFN3. The highest BCUT2D eigenvalue weighted by Gasteiger charge is 2.25. The first kappa shape index (κ1) is 16.2. The van der Waals surface area contributed by atoms with E-state index in [1.807, 2.05) is 31.5 Å². The van der Waals surface area contributed by atoms with Crippen LogP contribution in [0.2, 0.25) is 0 Å². The topological polar surface area (TPSA) is 43.8 Å². The van der Waals surface area contributed by atoms with Crippen LogP contribution in [0.4, 0.5) is 4.39 Å². The van der Waals surface area contributed by atoms with Crippen LogP contribution in [0.5, 0.6) is 0 Å². The summed E-state index contributed by atoms with van der Waals surface area (Å²) >= 11 is 3.58. The molecule has 0 bridgehead atoms. The van der Waals surface area contributed by atoms with Crippen molar-refractivity contribution in [3.63, 3.8) is 0 Å². The number of nitrogens with zero attached hydrogens (tertiary/aromatic N) is 2. The number of nitrogens with two attached hydrogens (primary N) is 1. The maximum absolute atomic E-state index is 13.8. The number of aromatic nitrogens is 2. The predicted octanol–water partition coefficient (Wildman–Crippen LogP) is 3.62. The lowest BCUT2D eigenvalue weighted by Crippen LogP contribution is -2.42. The van der Waals surface area contributed by atoms with Gasteiger partial charge in [-0.1, -0.05) is 18.2 Å². The Bertz CT molecular complexity index is 634. The second-order valence-electron chi connectivity index (χ2n) is 5.76. The fourth-order valence-corrected chi connectivity index (χ4v) is 2.98. The first-order valence-electron chi connectivity index (χ1n) is 7.08. The van der Waals surface area contributed by atoms with Crippen molar-refractivity contribution in [1.29, 1.82) is 0 Å². The Kier molecular flexibility index (Phi) is 4.84. The van der Waals surface area contributed by atoms with Crippen LogP contribution in [0, 0.1) is 12.7 Å². The van der Waals surface area contributed by atoms with Crippen molar-refractivity contribution >= 4 is 15.9 Å². The van der Waals surface area contributed by atoms with Gasteiger partial charge >= 0.3 is 0 Å². The van der Waals surface area contributed by atoms with Crippen LogP contribution in [0.15, 0.2) is 28.7 Å². The molecule has 1 aromatic carbocycles. The van der Waals surface area contributed by atoms with Crippen molar-refractivity contribution < 1.29 is 4.39 Å². The van der Waals surface area contributed by atoms with Gasteiger partial charge in [-0.2, -0.15) is 5.10 Å². The van der Waals surface area contributed by atoms with E-state index in [9.17, 15) is 4.39 Å². The molecule has 3 nitrogen and oxygen atoms in total. The molecule has 2 N–H and O–H groups in total. The van der Waals surface area contributed by atoms with E-state index < -0.39 is 5.54 Å². The second kappa shape index (κ2) is 6.28. The van der Waals surface area contributed by atoms with Gasteiger partial charge in [-0.3, -0.25) is 4.68 Å². The third kappa shape index (κ3) is 3.71. The van der Waals surface area contributed by atoms with Gasteiger partial charge < -0.3 is 5.73 Å². The molecule has 0 saturated heterocycles. The number of hydrogen-bond donors (Lipinski definition) is 1. The van der Waals surface area contributed by atoms with Crippen LogP contribution < -0.4 is 5.73 Å². The van der Waals surface area contributed by atoms with Gasteiger partial charge in [0, 0.05) is 18.5 Å². The fraction of sp³-hybridized carbons (Fsp3) is 0.438. The summed E-state index contributed by atoms with van der Waals surface area (Å²) in [4.78, 5) is 0. The number of halogens is 2. The number of hydrogen-bond acceptors (Lipinski definition) is 2. The van der Waals surface area contributed by atoms with Crippen LogP contribution >= 0.6 is 15.9 Å². The van der Waals surface area contributed by atoms with E-state index in [1.165, 1.54) is 6.07 Å². The van der Waals surface area contributed by atoms with Gasteiger partial charge in [0.25, 0.3) is 0 Å². The Morgan fingerprint density at radius 2 is 2.00 bits per heavy atom. The van der Waals surface area contributed by atoms with Gasteiger partial charge in [-0.15, -0.1) is 0 Å². The van der Waals surface area contributed by atoms with E-state index in [0.29, 0.717) is 18.4 Å². The lowest BCUT2D eigenvalue weighted by Gasteiger charge is -2.25. The summed E-state index contributed by atoms with van der Waals surface area (Å²) < 4.78 is 16.8. The van der Waals surface area contributed by atoms with Gasteiger partial charge in [0.15, 0.2) is 0 Å². The van der Waals surface area contributed by atoms with E-state index in [-0.39, 0.29) is 5.82 Å². The van der Waals surface area contributed by atoms with Crippen LogP contribution in [0.3, 0.4) is 0 Å². The minimum absolute atomic E-state index is 0.201. The SMILES string of the molecule is CCn1nc(C)c(Br)c1CC(C)(N)Cc1ccccc1F. The molecule has 0 fully saturated rings. The maximum atomic E-state index is 13.8. The fourth-order valence-electron chi connectivity index (χ4n) is 2.56. The molecule has 114 valence electrons. The highest BCUT2D eigenvalue weighted by atomic mass is 79.9. The predicted molar refractivity (Wildman–Crippen MR) is 86.7 cm³/mol. The Morgan fingerprint density at radius 3 is 2.62 bits per heavy atom. The van der Waals surface area contributed by atoms with Gasteiger partial charge in [0.1, 0.15) is 5.82 Å². The summed E-state index contributed by atoms with van der Waals surface area (Å²) in [5.74, 6) is -0.201. The van der Waals surface area contributed by atoms with Crippen molar-refractivity contribution in [3.05, 3.63) is 51.5 Å². The van der Waals surface area contributed by atoms with Gasteiger partial charge in [-0.25, -0.2) is 4.39 Å². The van der Waals surface area contributed by atoms with Gasteiger partial charge in [0.05, 0.1) is 15.9 Å². The zero-order valence-electron chi connectivity index (χ0n) is 12.7. The highest BCUT2D eigenvalue weighted by Crippen LogP contribution is 2.26.